The van der Waals surface area contributed by atoms with Crippen molar-refractivity contribution in [2.45, 2.75) is 45.6 Å². The molecule has 17 nitrogen and oxygen atoms in total. The Bertz CT molecular complexity index is 1440. The highest BCUT2D eigenvalue weighted by Gasteiger charge is 2.32. The number of hydrogen-bond donors (Lipinski definition) is 2. The predicted octanol–water partition coefficient (Wildman–Crippen LogP) is 3.14. The molecular formula is C29H36N6O11S. The average molecular weight is 677 g/mol. The highest BCUT2D eigenvalue weighted by atomic mass is 32.1. The number of nitrogens with zero attached hydrogens (tertiary/aromatic N) is 5. The first-order valence-corrected chi connectivity index (χ1v) is 14.7. The molecule has 1 unspecified atom stereocenters. The Hall–Kier alpha value is -4.97. The number of thiol groups is 1. The van der Waals surface area contributed by atoms with Gasteiger partial charge < -0.3 is 33.7 Å². The number of esters is 1. The van der Waals surface area contributed by atoms with Crippen LogP contribution in [0.15, 0.2) is 52.9 Å². The van der Waals surface area contributed by atoms with E-state index in [-0.39, 0.29) is 49.2 Å². The summed E-state index contributed by atoms with van der Waals surface area (Å²) in [6, 6.07) is 11.9. The molecule has 0 aliphatic carbocycles. The van der Waals surface area contributed by atoms with Crippen molar-refractivity contribution in [3.63, 3.8) is 0 Å². The molecule has 18 heteroatoms. The Morgan fingerprint density at radius 1 is 0.979 bits per heavy atom. The number of hydrogen-bond acceptors (Lipinski definition) is 14. The fraction of sp³-hybridized carbons (Fsp3) is 0.448. The molecule has 47 heavy (non-hydrogen) atoms. The van der Waals surface area contributed by atoms with Gasteiger partial charge in [-0.2, -0.15) is 4.40 Å². The molecule has 1 amide bonds. The lowest BCUT2D eigenvalue weighted by atomic mass is 10.0. The number of nitrogens with one attached hydrogen (secondary N) is 1. The summed E-state index contributed by atoms with van der Waals surface area (Å²) in [5, 5.41) is 27.7. The summed E-state index contributed by atoms with van der Waals surface area (Å²) >= 11 is 4.00. The Morgan fingerprint density at radius 2 is 1.49 bits per heavy atom. The minimum absolute atomic E-state index is 0.127. The van der Waals surface area contributed by atoms with Crippen molar-refractivity contribution in [3.8, 4) is 0 Å². The summed E-state index contributed by atoms with van der Waals surface area (Å²) in [5.41, 5.74) is 0.549. The lowest BCUT2D eigenvalue weighted by molar-refractivity contribution is -0.763. The molecule has 1 aliphatic heterocycles. The van der Waals surface area contributed by atoms with Crippen molar-refractivity contribution < 1.29 is 43.6 Å². The molecule has 1 aliphatic rings. The number of rotatable bonds is 13. The van der Waals surface area contributed by atoms with Crippen LogP contribution in [0.2, 0.25) is 0 Å². The maximum absolute atomic E-state index is 13.8. The third-order valence-corrected chi connectivity index (χ3v) is 6.99. The summed E-state index contributed by atoms with van der Waals surface area (Å²) in [5.74, 6) is -1.34. The monoisotopic (exact) mass is 676 g/mol. The molecule has 2 aromatic rings. The fourth-order valence-electron chi connectivity index (χ4n) is 4.37. The zero-order chi connectivity index (χ0) is 34.6. The van der Waals surface area contributed by atoms with Crippen LogP contribution in [0.1, 0.15) is 52.6 Å². The number of carbonyl (C=O) groups excluding carboxylic acids is 2. The van der Waals surface area contributed by atoms with E-state index in [2.05, 4.69) is 26.9 Å². The topological polar surface area (TPSA) is 209 Å². The first-order chi connectivity index (χ1) is 22.3. The number of morpholine rings is 1. The van der Waals surface area contributed by atoms with Crippen molar-refractivity contribution in [1.29, 1.82) is 5.41 Å². The largest absolute Gasteiger partial charge is 0.471 e. The van der Waals surface area contributed by atoms with E-state index in [9.17, 15) is 29.8 Å². The van der Waals surface area contributed by atoms with Gasteiger partial charge in [0.2, 0.25) is 0 Å². The number of amides is 1. The van der Waals surface area contributed by atoms with E-state index in [1.165, 1.54) is 53.4 Å². The molecule has 1 atom stereocenters. The van der Waals surface area contributed by atoms with Gasteiger partial charge in [-0.3, -0.25) is 10.2 Å². The van der Waals surface area contributed by atoms with Crippen LogP contribution in [0.4, 0.5) is 0 Å². The summed E-state index contributed by atoms with van der Waals surface area (Å²) in [7, 11) is 0. The van der Waals surface area contributed by atoms with Crippen LogP contribution >= 0.6 is 12.8 Å². The van der Waals surface area contributed by atoms with Crippen molar-refractivity contribution in [2.75, 3.05) is 39.5 Å². The number of ether oxygens (including phenoxy) is 3. The maximum atomic E-state index is 13.8. The van der Waals surface area contributed by atoms with Crippen LogP contribution in [-0.4, -0.2) is 94.7 Å². The van der Waals surface area contributed by atoms with Gasteiger partial charge in [-0.05, 0) is 69.0 Å². The second-order valence-corrected chi connectivity index (χ2v) is 11.4. The highest BCUT2D eigenvalue weighted by molar-refractivity contribution is 7.79. The van der Waals surface area contributed by atoms with Crippen molar-refractivity contribution in [2.24, 2.45) is 4.40 Å². The molecule has 1 fully saturated rings. The number of amidine groups is 1. The molecule has 0 bridgehead atoms. The zero-order valence-corrected chi connectivity index (χ0v) is 26.9. The van der Waals surface area contributed by atoms with Crippen molar-refractivity contribution in [3.05, 3.63) is 91.0 Å². The second kappa shape index (κ2) is 17.1. The van der Waals surface area contributed by atoms with Gasteiger partial charge >= 0.3 is 5.97 Å². The van der Waals surface area contributed by atoms with Crippen LogP contribution in [0.3, 0.4) is 0 Å². The summed E-state index contributed by atoms with van der Waals surface area (Å²) in [6.45, 7) is 6.13. The van der Waals surface area contributed by atoms with E-state index in [0.717, 1.165) is 0 Å². The Labute approximate surface area is 275 Å². The number of benzene rings is 2. The molecule has 3 rings (SSSR count). The SMILES string of the molecule is CC(C)(C)N(CC(COC(=N)/C(=N\S)N1CCOCC1)OC(=O)c1ccc(CO[N+](=O)[O-])cc1)C(=O)c1ccc(CO[N+](=O)[O-])cc1. The Balaban J connectivity index is 1.82. The van der Waals surface area contributed by atoms with E-state index in [1.807, 2.05) is 0 Å². The molecule has 2 aromatic carbocycles. The number of carbonyl (C=O) groups is 2. The maximum Gasteiger partial charge on any atom is 0.338 e. The second-order valence-electron chi connectivity index (χ2n) is 11.2. The Kier molecular flexibility index (Phi) is 13.3. The van der Waals surface area contributed by atoms with E-state index in [0.29, 0.717) is 37.4 Å². The predicted molar refractivity (Wildman–Crippen MR) is 169 cm³/mol. The quantitative estimate of drug-likeness (QED) is 0.0783. The van der Waals surface area contributed by atoms with E-state index >= 15 is 0 Å². The molecule has 1 N–H and O–H groups in total. The normalized spacial score (nSPS) is 14.0. The van der Waals surface area contributed by atoms with Crippen LogP contribution in [0, 0.1) is 25.6 Å². The molecule has 254 valence electrons. The minimum Gasteiger partial charge on any atom is -0.471 e. The molecular weight excluding hydrogens is 640 g/mol. The molecule has 1 saturated heterocycles. The molecule has 0 saturated carbocycles. The fourth-order valence-corrected chi connectivity index (χ4v) is 4.58. The first-order valence-electron chi connectivity index (χ1n) is 14.3. The van der Waals surface area contributed by atoms with Crippen LogP contribution in [0.5, 0.6) is 0 Å². The van der Waals surface area contributed by atoms with Gasteiger partial charge in [0.05, 0.1) is 25.3 Å². The smallest absolute Gasteiger partial charge is 0.338 e. The Morgan fingerprint density at radius 3 is 1.96 bits per heavy atom. The molecule has 0 spiro atoms. The van der Waals surface area contributed by atoms with Gasteiger partial charge in [0.25, 0.3) is 22.0 Å². The van der Waals surface area contributed by atoms with Gasteiger partial charge in [0, 0.05) is 24.2 Å². The standard InChI is InChI=1S/C29H36N6O11S/c1-29(2,3)33(27(36)22-8-4-20(5-9-22)17-44-34(38)39)16-24(19-43-25(30)26(31-47)32-12-14-42-15-13-32)46-28(37)23-10-6-21(7-11-23)18-45-35(40)41/h4-11,24,30,47H,12-19H2,1-3H3/b30-25?,31-26+. The molecule has 0 aromatic heterocycles. The third-order valence-electron chi connectivity index (χ3n) is 6.80. The van der Waals surface area contributed by atoms with Gasteiger partial charge in [-0.25, -0.2) is 4.79 Å². The van der Waals surface area contributed by atoms with Gasteiger partial charge in [-0.1, -0.05) is 24.3 Å². The summed E-state index contributed by atoms with van der Waals surface area (Å²) in [6.07, 6.45) is -1.08. The lowest BCUT2D eigenvalue weighted by Gasteiger charge is -2.38. The molecule has 1 heterocycles. The van der Waals surface area contributed by atoms with Crippen LogP contribution in [-0.2, 0) is 37.1 Å². The van der Waals surface area contributed by atoms with Crippen molar-refractivity contribution in [1.82, 2.24) is 9.80 Å². The summed E-state index contributed by atoms with van der Waals surface area (Å²) in [4.78, 5) is 60.0. The van der Waals surface area contributed by atoms with E-state index < -0.39 is 33.7 Å². The van der Waals surface area contributed by atoms with Crippen molar-refractivity contribution >= 4 is 36.4 Å². The third kappa shape index (κ3) is 11.4. The molecule has 0 radical (unpaired) electrons. The zero-order valence-electron chi connectivity index (χ0n) is 26.0. The van der Waals surface area contributed by atoms with Crippen LogP contribution < -0.4 is 0 Å². The summed E-state index contributed by atoms with van der Waals surface area (Å²) < 4.78 is 20.8. The average Bonchev–Trinajstić information content (AvgIpc) is 3.04. The minimum atomic E-state index is -1.08. The van der Waals surface area contributed by atoms with E-state index in [1.54, 1.807) is 25.7 Å². The highest BCUT2D eigenvalue weighted by Crippen LogP contribution is 2.21. The first kappa shape index (κ1) is 36.5. The van der Waals surface area contributed by atoms with E-state index in [4.69, 9.17) is 19.6 Å². The van der Waals surface area contributed by atoms with Crippen LogP contribution in [0.25, 0.3) is 0 Å². The van der Waals surface area contributed by atoms with Gasteiger partial charge in [-0.15, -0.1) is 20.2 Å². The van der Waals surface area contributed by atoms with Gasteiger partial charge in [0.1, 0.15) is 19.8 Å². The lowest BCUT2D eigenvalue weighted by Crippen LogP contribution is -2.51. The van der Waals surface area contributed by atoms with Gasteiger partial charge in [0.15, 0.2) is 11.9 Å².